The summed E-state index contributed by atoms with van der Waals surface area (Å²) in [5, 5.41) is 3.25. The van der Waals surface area contributed by atoms with Gasteiger partial charge in [0.2, 0.25) is 0 Å². The number of hydrogen-bond acceptors (Lipinski definition) is 6. The van der Waals surface area contributed by atoms with Crippen molar-refractivity contribution in [2.75, 3.05) is 59.3 Å². The topological polar surface area (TPSA) is 70.6 Å². The summed E-state index contributed by atoms with van der Waals surface area (Å²) in [6, 6.07) is 0. The first-order valence-electron chi connectivity index (χ1n) is 7.10. The van der Waals surface area contributed by atoms with Gasteiger partial charge in [-0.05, 0) is 7.05 Å². The summed E-state index contributed by atoms with van der Waals surface area (Å²) in [5.74, 6) is 0.866. The Bertz CT molecular complexity index is 480. The van der Waals surface area contributed by atoms with E-state index in [0.29, 0.717) is 17.4 Å². The number of aromatic nitrogens is 2. The number of carbonyl (C=O) groups is 1. The summed E-state index contributed by atoms with van der Waals surface area (Å²) in [5.41, 5.74) is 0.347. The van der Waals surface area contributed by atoms with E-state index < -0.39 is 0 Å². The zero-order chi connectivity index (χ0) is 15.2. The van der Waals surface area contributed by atoms with Crippen LogP contribution in [0.2, 0.25) is 0 Å². The molecular formula is C14H23N5O2. The average molecular weight is 293 g/mol. The maximum Gasteiger partial charge on any atom is 0.273 e. The zero-order valence-electron chi connectivity index (χ0n) is 12.9. The molecule has 1 aliphatic rings. The first-order valence-corrected chi connectivity index (χ1v) is 7.10. The largest absolute Gasteiger partial charge is 0.380 e. The van der Waals surface area contributed by atoms with Crippen LogP contribution in [0.1, 0.15) is 10.5 Å². The van der Waals surface area contributed by atoms with Crippen molar-refractivity contribution in [2.45, 2.75) is 0 Å². The number of nitrogens with one attached hydrogen (secondary N) is 1. The summed E-state index contributed by atoms with van der Waals surface area (Å²) in [7, 11) is 5.49. The summed E-state index contributed by atoms with van der Waals surface area (Å²) in [6.07, 6.45) is 3.11. The fourth-order valence-corrected chi connectivity index (χ4v) is 2.21. The van der Waals surface area contributed by atoms with E-state index in [1.54, 1.807) is 20.3 Å². The predicted molar refractivity (Wildman–Crippen MR) is 80.3 cm³/mol. The van der Waals surface area contributed by atoms with Gasteiger partial charge in [-0.3, -0.25) is 9.78 Å². The Morgan fingerprint density at radius 1 is 1.52 bits per heavy atom. The Kier molecular flexibility index (Phi) is 5.46. The number of anilines is 1. The van der Waals surface area contributed by atoms with Crippen molar-refractivity contribution in [1.29, 1.82) is 0 Å². The number of amides is 1. The predicted octanol–water partition coefficient (Wildman–Crippen LogP) is 0.169. The molecule has 0 saturated carbocycles. The molecule has 1 aromatic heterocycles. The number of hydrogen-bond donors (Lipinski definition) is 1. The molecule has 1 aliphatic heterocycles. The molecule has 1 saturated heterocycles. The molecule has 0 spiro atoms. The molecule has 7 nitrogen and oxygen atoms in total. The molecule has 0 radical (unpaired) electrons. The minimum Gasteiger partial charge on any atom is -0.380 e. The Morgan fingerprint density at radius 2 is 2.33 bits per heavy atom. The van der Waals surface area contributed by atoms with Gasteiger partial charge in [-0.1, -0.05) is 0 Å². The normalized spacial score (nSPS) is 19.9. The van der Waals surface area contributed by atoms with Gasteiger partial charge in [-0.2, -0.15) is 0 Å². The Morgan fingerprint density at radius 3 is 3.10 bits per heavy atom. The minimum absolute atomic E-state index is 0.149. The fraction of sp³-hybridized carbons (Fsp3) is 0.643. The third kappa shape index (κ3) is 4.64. The third-order valence-corrected chi connectivity index (χ3v) is 3.37. The molecule has 7 heteroatoms. The lowest BCUT2D eigenvalue weighted by molar-refractivity contribution is 0.0821. The molecule has 0 unspecified atom stereocenters. The second-order valence-electron chi connectivity index (χ2n) is 5.57. The lowest BCUT2D eigenvalue weighted by Crippen LogP contribution is -2.30. The standard InChI is InChI=1S/C14H23N5O2/c1-18(2)14(20)12-7-15-8-13(17-12)16-6-11-9-19(3)4-5-21-10-11/h7-8,11H,4-6,9-10H2,1-3H3,(H,16,17)/t11-/m1/s1. The van der Waals surface area contributed by atoms with Gasteiger partial charge in [0.05, 0.1) is 25.6 Å². The Hall–Kier alpha value is -1.73. The van der Waals surface area contributed by atoms with Gasteiger partial charge in [0, 0.05) is 39.6 Å². The molecule has 2 rings (SSSR count). The van der Waals surface area contributed by atoms with Crippen LogP contribution in [0.3, 0.4) is 0 Å². The van der Waals surface area contributed by atoms with E-state index in [1.807, 2.05) is 0 Å². The monoisotopic (exact) mass is 293 g/mol. The molecule has 1 N–H and O–H groups in total. The van der Waals surface area contributed by atoms with Crippen molar-refractivity contribution in [1.82, 2.24) is 19.8 Å². The fourth-order valence-electron chi connectivity index (χ4n) is 2.21. The maximum atomic E-state index is 11.9. The van der Waals surface area contributed by atoms with Crippen LogP contribution >= 0.6 is 0 Å². The lowest BCUT2D eigenvalue weighted by Gasteiger charge is -2.19. The van der Waals surface area contributed by atoms with Crippen LogP contribution in [0, 0.1) is 5.92 Å². The molecule has 21 heavy (non-hydrogen) atoms. The first kappa shape index (κ1) is 15.7. The van der Waals surface area contributed by atoms with Crippen molar-refractivity contribution in [3.8, 4) is 0 Å². The third-order valence-electron chi connectivity index (χ3n) is 3.37. The van der Waals surface area contributed by atoms with Crippen LogP contribution in [0.25, 0.3) is 0 Å². The molecule has 1 fully saturated rings. The van der Waals surface area contributed by atoms with Crippen molar-refractivity contribution in [3.05, 3.63) is 18.1 Å². The van der Waals surface area contributed by atoms with Gasteiger partial charge >= 0.3 is 0 Å². The van der Waals surface area contributed by atoms with Crippen LogP contribution < -0.4 is 5.32 Å². The molecule has 0 aromatic carbocycles. The smallest absolute Gasteiger partial charge is 0.273 e. The van der Waals surface area contributed by atoms with Crippen LogP contribution in [0.15, 0.2) is 12.4 Å². The van der Waals surface area contributed by atoms with E-state index in [4.69, 9.17) is 4.74 Å². The highest BCUT2D eigenvalue weighted by Crippen LogP contribution is 2.09. The second kappa shape index (κ2) is 7.33. The van der Waals surface area contributed by atoms with E-state index in [2.05, 4.69) is 27.2 Å². The highest BCUT2D eigenvalue weighted by Gasteiger charge is 2.16. The number of nitrogens with zero attached hydrogens (tertiary/aromatic N) is 4. The zero-order valence-corrected chi connectivity index (χ0v) is 12.9. The molecule has 116 valence electrons. The molecular weight excluding hydrogens is 270 g/mol. The molecule has 1 amide bonds. The van der Waals surface area contributed by atoms with Crippen molar-refractivity contribution < 1.29 is 9.53 Å². The molecule has 1 aromatic rings. The van der Waals surface area contributed by atoms with Crippen LogP contribution in [0.4, 0.5) is 5.82 Å². The van der Waals surface area contributed by atoms with E-state index in [1.165, 1.54) is 11.1 Å². The van der Waals surface area contributed by atoms with Gasteiger partial charge in [-0.25, -0.2) is 4.98 Å². The number of likely N-dealkylation sites (N-methyl/N-ethyl adjacent to an activating group) is 1. The number of carbonyl (C=O) groups excluding carboxylic acids is 1. The summed E-state index contributed by atoms with van der Waals surface area (Å²) < 4.78 is 5.58. The van der Waals surface area contributed by atoms with Gasteiger partial charge in [-0.15, -0.1) is 0 Å². The quantitative estimate of drug-likeness (QED) is 0.853. The SMILES string of the molecule is CN1CCOC[C@H](CNc2cncc(C(=O)N(C)C)n2)C1. The van der Waals surface area contributed by atoms with E-state index >= 15 is 0 Å². The number of ether oxygens (including phenoxy) is 1. The van der Waals surface area contributed by atoms with Gasteiger partial charge < -0.3 is 19.9 Å². The Balaban J connectivity index is 1.93. The van der Waals surface area contributed by atoms with Crippen molar-refractivity contribution in [2.24, 2.45) is 5.92 Å². The van der Waals surface area contributed by atoms with Crippen molar-refractivity contribution >= 4 is 11.7 Å². The number of rotatable bonds is 4. The summed E-state index contributed by atoms with van der Waals surface area (Å²) in [6.45, 7) is 4.21. The van der Waals surface area contributed by atoms with E-state index in [0.717, 1.165) is 32.8 Å². The first-order chi connectivity index (χ1) is 10.1. The molecule has 1 atom stereocenters. The Labute approximate surface area is 125 Å². The molecule has 0 bridgehead atoms. The summed E-state index contributed by atoms with van der Waals surface area (Å²) >= 11 is 0. The lowest BCUT2D eigenvalue weighted by atomic mass is 10.1. The van der Waals surface area contributed by atoms with Crippen LogP contribution in [-0.2, 0) is 4.74 Å². The van der Waals surface area contributed by atoms with E-state index in [-0.39, 0.29) is 5.91 Å². The van der Waals surface area contributed by atoms with E-state index in [9.17, 15) is 4.79 Å². The van der Waals surface area contributed by atoms with Gasteiger partial charge in [0.1, 0.15) is 11.5 Å². The van der Waals surface area contributed by atoms with Gasteiger partial charge in [0.15, 0.2) is 0 Å². The molecule has 2 heterocycles. The minimum atomic E-state index is -0.149. The maximum absolute atomic E-state index is 11.9. The van der Waals surface area contributed by atoms with Gasteiger partial charge in [0.25, 0.3) is 5.91 Å². The highest BCUT2D eigenvalue weighted by atomic mass is 16.5. The molecule has 0 aliphatic carbocycles. The van der Waals surface area contributed by atoms with Crippen molar-refractivity contribution in [3.63, 3.8) is 0 Å². The second-order valence-corrected chi connectivity index (χ2v) is 5.57. The average Bonchev–Trinajstić information content (AvgIpc) is 2.68. The van der Waals surface area contributed by atoms with Crippen LogP contribution in [0.5, 0.6) is 0 Å². The highest BCUT2D eigenvalue weighted by molar-refractivity contribution is 5.91. The summed E-state index contributed by atoms with van der Waals surface area (Å²) in [4.78, 5) is 24.0. The van der Waals surface area contributed by atoms with Crippen LogP contribution in [-0.4, -0.2) is 79.7 Å².